The molecule has 0 spiro atoms. The minimum Gasteiger partial charge on any atom is -0.478 e. The number of carboxylic acids is 2. The number of aromatic amines is 1. The quantitative estimate of drug-likeness (QED) is 0.512. The van der Waals surface area contributed by atoms with Gasteiger partial charge in [-0.15, -0.1) is 0 Å². The fraction of sp³-hybridized carbons (Fsp3) is 0.500. The maximum atomic E-state index is 13.0. The number of aliphatic carboxylic acids is 2. The van der Waals surface area contributed by atoms with Gasteiger partial charge in [0.25, 0.3) is 0 Å². The highest BCUT2D eigenvalue weighted by atomic mass is 16.4. The number of carbonyl (C=O) groups excluding carboxylic acids is 1. The molecule has 2 fully saturated rings. The van der Waals surface area contributed by atoms with Gasteiger partial charge in [-0.3, -0.25) is 4.79 Å². The van der Waals surface area contributed by atoms with Gasteiger partial charge >= 0.3 is 11.9 Å². The maximum Gasteiger partial charge on any atom is 0.328 e. The number of likely N-dealkylation sites (N-methyl/N-ethyl adjacent to an activating group) is 1. The van der Waals surface area contributed by atoms with Gasteiger partial charge in [-0.05, 0) is 49.9 Å². The summed E-state index contributed by atoms with van der Waals surface area (Å²) in [6.07, 6.45) is 11.5. The molecule has 0 radical (unpaired) electrons. The molecule has 0 unspecified atom stereocenters. The van der Waals surface area contributed by atoms with E-state index < -0.39 is 11.9 Å². The van der Waals surface area contributed by atoms with Crippen LogP contribution in [0.5, 0.6) is 0 Å². The number of nitrogens with one attached hydrogen (secondary N) is 2. The van der Waals surface area contributed by atoms with Gasteiger partial charge in [0.2, 0.25) is 5.91 Å². The topological polar surface area (TPSA) is 123 Å². The molecule has 5 rings (SSSR count). The molecule has 3 atom stereocenters. The summed E-state index contributed by atoms with van der Waals surface area (Å²) in [6.45, 7) is 0.884. The largest absolute Gasteiger partial charge is 0.478 e. The number of likely N-dealkylation sites (tertiary alicyclic amines) is 1. The van der Waals surface area contributed by atoms with Crippen molar-refractivity contribution in [2.45, 2.75) is 62.9 Å². The van der Waals surface area contributed by atoms with Gasteiger partial charge in [-0.1, -0.05) is 31.4 Å². The van der Waals surface area contributed by atoms with E-state index in [0.29, 0.717) is 30.2 Å². The van der Waals surface area contributed by atoms with Gasteiger partial charge in [-0.2, -0.15) is 0 Å². The summed E-state index contributed by atoms with van der Waals surface area (Å²) in [4.78, 5) is 38.0. The van der Waals surface area contributed by atoms with Crippen molar-refractivity contribution in [3.8, 4) is 0 Å². The van der Waals surface area contributed by atoms with Gasteiger partial charge in [0.15, 0.2) is 0 Å². The second-order valence-corrected chi connectivity index (χ2v) is 9.69. The molecular formula is C26H33N3O5. The molecule has 0 bridgehead atoms. The van der Waals surface area contributed by atoms with E-state index in [4.69, 9.17) is 10.2 Å². The number of hydrogen-bond acceptors (Lipinski definition) is 4. The lowest BCUT2D eigenvalue weighted by Gasteiger charge is -2.45. The van der Waals surface area contributed by atoms with E-state index in [1.54, 1.807) is 0 Å². The monoisotopic (exact) mass is 467 g/mol. The second-order valence-electron chi connectivity index (χ2n) is 9.69. The SMILES string of the molecule is CN1C[C@H](C(=O)NC2CCCCC2)C[C@@H]2c3cccc4[nH]cc(c34)C[C@H]21.O=C(O)/C=C\C(=O)O. The van der Waals surface area contributed by atoms with E-state index in [1.807, 2.05) is 0 Å². The Kier molecular flexibility index (Phi) is 7.36. The lowest BCUT2D eigenvalue weighted by atomic mass is 9.72. The predicted molar refractivity (Wildman–Crippen MR) is 129 cm³/mol. The molecule has 3 aliphatic rings. The van der Waals surface area contributed by atoms with E-state index in [2.05, 4.69) is 46.6 Å². The molecule has 2 aliphatic carbocycles. The number of nitrogens with zero attached hydrogens (tertiary/aromatic N) is 1. The molecule has 34 heavy (non-hydrogen) atoms. The summed E-state index contributed by atoms with van der Waals surface area (Å²) >= 11 is 0. The Balaban J connectivity index is 0.000000297. The minimum atomic E-state index is -1.26. The average molecular weight is 468 g/mol. The van der Waals surface area contributed by atoms with Gasteiger partial charge in [-0.25, -0.2) is 9.59 Å². The summed E-state index contributed by atoms with van der Waals surface area (Å²) in [5.41, 5.74) is 4.12. The Bertz CT molecular complexity index is 1070. The fourth-order valence-corrected chi connectivity index (χ4v) is 5.84. The third kappa shape index (κ3) is 5.33. The number of fused-ring (bicyclic) bond motifs is 2. The van der Waals surface area contributed by atoms with Crippen molar-refractivity contribution in [2.75, 3.05) is 13.6 Å². The molecule has 8 heteroatoms. The molecule has 1 saturated heterocycles. The summed E-state index contributed by atoms with van der Waals surface area (Å²) in [5, 5.41) is 20.4. The number of benzene rings is 1. The third-order valence-corrected chi connectivity index (χ3v) is 7.42. The first-order valence-electron chi connectivity index (χ1n) is 12.1. The van der Waals surface area contributed by atoms with Crippen LogP contribution in [-0.2, 0) is 20.8 Å². The smallest absolute Gasteiger partial charge is 0.328 e. The maximum absolute atomic E-state index is 13.0. The number of rotatable bonds is 4. The summed E-state index contributed by atoms with van der Waals surface area (Å²) in [5.74, 6) is -1.66. The van der Waals surface area contributed by atoms with Crippen LogP contribution in [0.4, 0.5) is 0 Å². The van der Waals surface area contributed by atoms with Crippen LogP contribution >= 0.6 is 0 Å². The van der Waals surface area contributed by atoms with Crippen molar-refractivity contribution >= 4 is 28.7 Å². The Labute approximate surface area is 199 Å². The van der Waals surface area contributed by atoms with Crippen LogP contribution in [0.25, 0.3) is 10.9 Å². The normalized spacial score (nSPS) is 24.8. The van der Waals surface area contributed by atoms with Gasteiger partial charge in [0.1, 0.15) is 0 Å². The van der Waals surface area contributed by atoms with Crippen molar-refractivity contribution in [3.05, 3.63) is 47.7 Å². The van der Waals surface area contributed by atoms with Gasteiger partial charge in [0.05, 0.1) is 5.92 Å². The van der Waals surface area contributed by atoms with Crippen LogP contribution in [0, 0.1) is 5.92 Å². The number of amides is 1. The zero-order chi connectivity index (χ0) is 24.2. The molecule has 2 heterocycles. The molecule has 1 aliphatic heterocycles. The first-order valence-corrected chi connectivity index (χ1v) is 12.1. The van der Waals surface area contributed by atoms with Crippen LogP contribution in [0.1, 0.15) is 55.6 Å². The lowest BCUT2D eigenvalue weighted by Crippen LogP contribution is -2.52. The molecule has 1 saturated carbocycles. The average Bonchev–Trinajstić information content (AvgIpc) is 3.23. The van der Waals surface area contributed by atoms with Gasteiger partial charge in [0, 0.05) is 53.8 Å². The predicted octanol–water partition coefficient (Wildman–Crippen LogP) is 3.29. The lowest BCUT2D eigenvalue weighted by molar-refractivity contribution is -0.134. The number of aromatic nitrogens is 1. The summed E-state index contributed by atoms with van der Waals surface area (Å²) in [7, 11) is 2.20. The number of carboxylic acid groups (broad SMARTS) is 2. The zero-order valence-corrected chi connectivity index (χ0v) is 19.5. The molecule has 182 valence electrons. The van der Waals surface area contributed by atoms with Crippen molar-refractivity contribution < 1.29 is 24.6 Å². The molecule has 1 aromatic heterocycles. The minimum absolute atomic E-state index is 0.110. The van der Waals surface area contributed by atoms with Crippen LogP contribution in [0.3, 0.4) is 0 Å². The number of H-pyrrole nitrogens is 1. The molecule has 1 aromatic carbocycles. The molecule has 8 nitrogen and oxygen atoms in total. The van der Waals surface area contributed by atoms with Crippen molar-refractivity contribution in [2.24, 2.45) is 5.92 Å². The third-order valence-electron chi connectivity index (χ3n) is 7.42. The molecule has 2 aromatic rings. The fourth-order valence-electron chi connectivity index (χ4n) is 5.84. The zero-order valence-electron chi connectivity index (χ0n) is 19.5. The van der Waals surface area contributed by atoms with E-state index in [1.165, 1.54) is 41.3 Å². The highest BCUT2D eigenvalue weighted by Crippen LogP contribution is 2.44. The van der Waals surface area contributed by atoms with Crippen molar-refractivity contribution in [1.82, 2.24) is 15.2 Å². The van der Waals surface area contributed by atoms with E-state index in [-0.39, 0.29) is 11.8 Å². The van der Waals surface area contributed by atoms with Gasteiger partial charge < -0.3 is 25.4 Å². The van der Waals surface area contributed by atoms with E-state index >= 15 is 0 Å². The van der Waals surface area contributed by atoms with E-state index in [9.17, 15) is 14.4 Å². The molecular weight excluding hydrogens is 434 g/mol. The Morgan fingerprint density at radius 2 is 1.79 bits per heavy atom. The summed E-state index contributed by atoms with van der Waals surface area (Å²) < 4.78 is 0. The first kappa shape index (κ1) is 24.0. The van der Waals surface area contributed by atoms with Crippen molar-refractivity contribution in [3.63, 3.8) is 0 Å². The van der Waals surface area contributed by atoms with Crippen LogP contribution in [0.15, 0.2) is 36.5 Å². The van der Waals surface area contributed by atoms with Crippen LogP contribution in [0.2, 0.25) is 0 Å². The van der Waals surface area contributed by atoms with E-state index in [0.717, 1.165) is 32.2 Å². The van der Waals surface area contributed by atoms with Crippen LogP contribution in [-0.4, -0.2) is 63.6 Å². The number of piperidine rings is 1. The molecule has 1 amide bonds. The van der Waals surface area contributed by atoms with Crippen molar-refractivity contribution in [1.29, 1.82) is 0 Å². The van der Waals surface area contributed by atoms with Crippen LogP contribution < -0.4 is 5.32 Å². The number of carbonyl (C=O) groups is 3. The highest BCUT2D eigenvalue weighted by Gasteiger charge is 2.41. The Morgan fingerprint density at radius 3 is 2.47 bits per heavy atom. The molecule has 4 N–H and O–H groups in total. The highest BCUT2D eigenvalue weighted by molar-refractivity contribution is 5.90. The first-order chi connectivity index (χ1) is 16.3. The Hall–Kier alpha value is -3.13. The Morgan fingerprint density at radius 1 is 1.09 bits per heavy atom. The number of hydrogen-bond donors (Lipinski definition) is 4. The standard InChI is InChI=1S/C22H29N3O.C4H4O4/c1-25-13-15(22(26)24-16-6-3-2-4-7-16)10-18-17-8-5-9-19-21(17)14(12-23-19)11-20(18)25;5-3(6)1-2-4(7)8/h5,8-9,12,15-16,18,20,23H,2-4,6-7,10-11,13H2,1H3,(H,24,26);1-2H,(H,5,6)(H,7,8)/b;2-1-/t15-,18-,20-;/m1./s1. The second kappa shape index (κ2) is 10.4. The summed E-state index contributed by atoms with van der Waals surface area (Å²) in [6, 6.07) is 7.54.